The van der Waals surface area contributed by atoms with E-state index in [0.29, 0.717) is 49.9 Å². The fourth-order valence-corrected chi connectivity index (χ4v) is 4.52. The van der Waals surface area contributed by atoms with Gasteiger partial charge < -0.3 is 14.7 Å². The highest BCUT2D eigenvalue weighted by Gasteiger charge is 2.28. The first-order chi connectivity index (χ1) is 13.4. The molecule has 1 aromatic heterocycles. The molecule has 3 rings (SSSR count). The van der Waals surface area contributed by atoms with E-state index in [0.717, 1.165) is 5.56 Å². The van der Waals surface area contributed by atoms with E-state index in [-0.39, 0.29) is 35.5 Å². The summed E-state index contributed by atoms with van der Waals surface area (Å²) in [6.45, 7) is 4.04. The van der Waals surface area contributed by atoms with Gasteiger partial charge in [-0.05, 0) is 24.1 Å². The topological polar surface area (TPSA) is 91.0 Å². The second kappa shape index (κ2) is 10.3. The van der Waals surface area contributed by atoms with Crippen LogP contribution in [0.1, 0.15) is 16.8 Å². The Balaban J connectivity index is 0.00000300. The molecular weight excluding hydrogens is 512 g/mol. The Morgan fingerprint density at radius 1 is 1.28 bits per heavy atom. The Morgan fingerprint density at radius 3 is 2.59 bits per heavy atom. The van der Waals surface area contributed by atoms with Crippen LogP contribution in [0.5, 0.6) is 0 Å². The van der Waals surface area contributed by atoms with Gasteiger partial charge in [-0.3, -0.25) is 4.99 Å². The number of aryl methyl sites for hydroxylation is 1. The molecule has 1 aliphatic heterocycles. The molecule has 1 saturated heterocycles. The zero-order valence-corrected chi connectivity index (χ0v) is 19.5. The van der Waals surface area contributed by atoms with Crippen LogP contribution in [0.3, 0.4) is 0 Å². The lowest BCUT2D eigenvalue weighted by Crippen LogP contribution is -2.53. The van der Waals surface area contributed by atoms with Crippen molar-refractivity contribution in [3.8, 4) is 0 Å². The SMILES string of the molecule is CN=C(NCc1ccc(F)c(C)c1)N1CCN(S(=O)(=O)Cc2ccon2)CC1.I. The van der Waals surface area contributed by atoms with Crippen LogP contribution in [0, 0.1) is 12.7 Å². The fourth-order valence-electron chi connectivity index (χ4n) is 3.10. The highest BCUT2D eigenvalue weighted by Crippen LogP contribution is 2.13. The van der Waals surface area contributed by atoms with E-state index >= 15 is 0 Å². The van der Waals surface area contributed by atoms with Crippen molar-refractivity contribution in [2.24, 2.45) is 4.99 Å². The van der Waals surface area contributed by atoms with Crippen LogP contribution in [0.15, 0.2) is 40.0 Å². The van der Waals surface area contributed by atoms with Gasteiger partial charge in [0.1, 0.15) is 17.8 Å². The maximum Gasteiger partial charge on any atom is 0.220 e. The van der Waals surface area contributed by atoms with E-state index in [2.05, 4.69) is 15.5 Å². The average molecular weight is 537 g/mol. The first-order valence-corrected chi connectivity index (χ1v) is 10.6. The Hall–Kier alpha value is -1.73. The first kappa shape index (κ1) is 23.5. The zero-order chi connectivity index (χ0) is 20.1. The number of halogens is 2. The Morgan fingerprint density at radius 2 is 2.00 bits per heavy atom. The molecule has 2 aromatic rings. The van der Waals surface area contributed by atoms with Gasteiger partial charge in [0.2, 0.25) is 10.0 Å². The van der Waals surface area contributed by atoms with Crippen molar-refractivity contribution in [2.75, 3.05) is 33.2 Å². The summed E-state index contributed by atoms with van der Waals surface area (Å²) < 4.78 is 44.6. The van der Waals surface area contributed by atoms with E-state index in [1.807, 2.05) is 4.90 Å². The fraction of sp³-hybridized carbons (Fsp3) is 0.444. The van der Waals surface area contributed by atoms with Gasteiger partial charge in [0.25, 0.3) is 0 Å². The normalized spacial score (nSPS) is 15.8. The molecule has 11 heteroatoms. The minimum absolute atomic E-state index is 0. The number of hydrogen-bond acceptors (Lipinski definition) is 5. The lowest BCUT2D eigenvalue weighted by Gasteiger charge is -2.35. The molecule has 29 heavy (non-hydrogen) atoms. The molecule has 0 amide bonds. The molecule has 160 valence electrons. The van der Waals surface area contributed by atoms with Crippen LogP contribution >= 0.6 is 24.0 Å². The number of aliphatic imine (C=N–C) groups is 1. The summed E-state index contributed by atoms with van der Waals surface area (Å²) in [5.41, 5.74) is 1.95. The molecule has 8 nitrogen and oxygen atoms in total. The zero-order valence-electron chi connectivity index (χ0n) is 16.3. The summed E-state index contributed by atoms with van der Waals surface area (Å²) in [5.74, 6) is 0.298. The Bertz CT molecular complexity index is 929. The smallest absolute Gasteiger partial charge is 0.220 e. The van der Waals surface area contributed by atoms with E-state index in [9.17, 15) is 12.8 Å². The molecular formula is C18H25FIN5O3S. The monoisotopic (exact) mass is 537 g/mol. The molecule has 0 aliphatic carbocycles. The quantitative estimate of drug-likeness (QED) is 0.357. The maximum atomic E-state index is 13.4. The standard InChI is InChI=1S/C18H24FN5O3S.HI/c1-14-11-15(3-4-17(14)19)12-21-18(20-2)23-6-8-24(9-7-23)28(25,26)13-16-5-10-27-22-16;/h3-5,10-11H,6-9,12-13H2,1-2H3,(H,20,21);1H. The van der Waals surface area contributed by atoms with E-state index in [1.165, 1.54) is 16.6 Å². The summed E-state index contributed by atoms with van der Waals surface area (Å²) in [6, 6.07) is 6.53. The molecule has 0 unspecified atom stereocenters. The van der Waals surface area contributed by atoms with Crippen LogP contribution in [0.2, 0.25) is 0 Å². The van der Waals surface area contributed by atoms with Crippen molar-refractivity contribution in [2.45, 2.75) is 19.2 Å². The molecule has 0 spiro atoms. The summed E-state index contributed by atoms with van der Waals surface area (Å²) in [4.78, 5) is 6.29. The Labute approximate surface area is 187 Å². The minimum Gasteiger partial charge on any atom is -0.364 e. The number of nitrogens with one attached hydrogen (secondary N) is 1. The lowest BCUT2D eigenvalue weighted by molar-refractivity contribution is 0.259. The van der Waals surface area contributed by atoms with Gasteiger partial charge >= 0.3 is 0 Å². The highest BCUT2D eigenvalue weighted by atomic mass is 127. The van der Waals surface area contributed by atoms with Gasteiger partial charge in [0.05, 0.1) is 5.69 Å². The van der Waals surface area contributed by atoms with Crippen LogP contribution in [-0.2, 0) is 22.3 Å². The molecule has 1 N–H and O–H groups in total. The van der Waals surface area contributed by atoms with E-state index in [4.69, 9.17) is 4.52 Å². The molecule has 2 heterocycles. The first-order valence-electron chi connectivity index (χ1n) is 8.97. The van der Waals surface area contributed by atoms with Gasteiger partial charge in [-0.25, -0.2) is 12.8 Å². The number of piperazine rings is 1. The van der Waals surface area contributed by atoms with Gasteiger partial charge in [0, 0.05) is 45.8 Å². The molecule has 1 aromatic carbocycles. The van der Waals surface area contributed by atoms with Crippen molar-refractivity contribution >= 4 is 40.0 Å². The van der Waals surface area contributed by atoms with Crippen molar-refractivity contribution in [3.63, 3.8) is 0 Å². The summed E-state index contributed by atoms with van der Waals surface area (Å²) in [6.07, 6.45) is 1.36. The minimum atomic E-state index is -3.44. The van der Waals surface area contributed by atoms with Crippen LogP contribution in [-0.4, -0.2) is 62.0 Å². The number of hydrogen-bond donors (Lipinski definition) is 1. The number of benzene rings is 1. The van der Waals surface area contributed by atoms with Crippen molar-refractivity contribution in [3.05, 3.63) is 53.2 Å². The summed E-state index contributed by atoms with van der Waals surface area (Å²) in [5, 5.41) is 6.93. The van der Waals surface area contributed by atoms with Crippen LogP contribution in [0.4, 0.5) is 4.39 Å². The van der Waals surface area contributed by atoms with Crippen molar-refractivity contribution in [1.29, 1.82) is 0 Å². The predicted molar refractivity (Wildman–Crippen MR) is 119 cm³/mol. The third kappa shape index (κ3) is 6.12. The molecule has 0 saturated carbocycles. The third-order valence-electron chi connectivity index (χ3n) is 4.64. The predicted octanol–water partition coefficient (Wildman–Crippen LogP) is 1.96. The largest absolute Gasteiger partial charge is 0.364 e. The number of guanidine groups is 1. The summed E-state index contributed by atoms with van der Waals surface area (Å²) >= 11 is 0. The van der Waals surface area contributed by atoms with Crippen LogP contribution in [0.25, 0.3) is 0 Å². The van der Waals surface area contributed by atoms with Gasteiger partial charge in [0.15, 0.2) is 5.96 Å². The highest BCUT2D eigenvalue weighted by molar-refractivity contribution is 14.0. The molecule has 0 bridgehead atoms. The molecule has 1 fully saturated rings. The summed E-state index contributed by atoms with van der Waals surface area (Å²) in [7, 11) is -1.75. The van der Waals surface area contributed by atoms with Gasteiger partial charge in [-0.15, -0.1) is 24.0 Å². The van der Waals surface area contributed by atoms with E-state index < -0.39 is 10.0 Å². The lowest BCUT2D eigenvalue weighted by atomic mass is 10.1. The second-order valence-electron chi connectivity index (χ2n) is 6.62. The average Bonchev–Trinajstić information content (AvgIpc) is 3.18. The van der Waals surface area contributed by atoms with Gasteiger partial charge in [-0.1, -0.05) is 17.3 Å². The van der Waals surface area contributed by atoms with Crippen LogP contribution < -0.4 is 5.32 Å². The number of aromatic nitrogens is 1. The number of nitrogens with zero attached hydrogens (tertiary/aromatic N) is 4. The third-order valence-corrected chi connectivity index (χ3v) is 6.45. The van der Waals surface area contributed by atoms with Crippen molar-refractivity contribution < 1.29 is 17.3 Å². The Kier molecular flexibility index (Phi) is 8.40. The van der Waals surface area contributed by atoms with Crippen molar-refractivity contribution in [1.82, 2.24) is 19.7 Å². The molecule has 0 atom stereocenters. The van der Waals surface area contributed by atoms with E-state index in [1.54, 1.807) is 32.2 Å². The maximum absolute atomic E-state index is 13.4. The van der Waals surface area contributed by atoms with Gasteiger partial charge in [-0.2, -0.15) is 4.31 Å². The molecule has 1 aliphatic rings. The number of rotatable bonds is 5. The molecule has 0 radical (unpaired) electrons. The second-order valence-corrected chi connectivity index (χ2v) is 8.59. The number of sulfonamides is 1.